The largest absolute Gasteiger partial charge is 0.543 e. The first kappa shape index (κ1) is 24.4. The van der Waals surface area contributed by atoms with E-state index >= 15 is 0 Å². The molecule has 3 rings (SSSR count). The molecule has 2 aliphatic heterocycles. The lowest BCUT2D eigenvalue weighted by Gasteiger charge is -2.37. The molecule has 0 N–H and O–H groups in total. The van der Waals surface area contributed by atoms with Gasteiger partial charge in [0.1, 0.15) is 23.7 Å². The van der Waals surface area contributed by atoms with Crippen LogP contribution < -0.4 is 9.16 Å². The van der Waals surface area contributed by atoms with E-state index in [1.807, 2.05) is 6.92 Å². The fourth-order valence-electron chi connectivity index (χ4n) is 4.03. The topological polar surface area (TPSA) is 71.1 Å². The number of esters is 2. The number of methoxy groups -OCH3 is 1. The van der Waals surface area contributed by atoms with Gasteiger partial charge in [0.25, 0.3) is 8.32 Å². The van der Waals surface area contributed by atoms with Crippen molar-refractivity contribution in [2.45, 2.75) is 78.6 Å². The first-order valence-corrected chi connectivity index (χ1v) is 14.2. The standard InChI is InChI=1S/C25H36O6Si/c1-15(17-11-12-29-20(26)13-17)9-10-18-22(28-6)16(2)19-14-30-24(27)21(19)23(18)31-32(7,8)25(3,4)5/h9,17H,10-14H2,1-8H3. The fraction of sp³-hybridized carbons (Fsp3) is 0.600. The zero-order chi connectivity index (χ0) is 23.8. The van der Waals surface area contributed by atoms with Crippen LogP contribution in [0.25, 0.3) is 0 Å². The first-order valence-electron chi connectivity index (χ1n) is 11.3. The van der Waals surface area contributed by atoms with Crippen molar-refractivity contribution in [3.05, 3.63) is 33.9 Å². The molecule has 0 bridgehead atoms. The summed E-state index contributed by atoms with van der Waals surface area (Å²) < 4.78 is 23.1. The highest BCUT2D eigenvalue weighted by Crippen LogP contribution is 2.46. The van der Waals surface area contributed by atoms with Crippen LogP contribution in [-0.2, 0) is 27.3 Å². The van der Waals surface area contributed by atoms with Crippen molar-refractivity contribution < 1.29 is 28.2 Å². The normalized spacial score (nSPS) is 19.4. The molecule has 0 amide bonds. The minimum Gasteiger partial charge on any atom is -0.543 e. The van der Waals surface area contributed by atoms with Crippen molar-refractivity contribution in [2.75, 3.05) is 13.7 Å². The Hall–Kier alpha value is -2.28. The molecule has 2 heterocycles. The zero-order valence-electron chi connectivity index (χ0n) is 20.6. The van der Waals surface area contributed by atoms with E-state index in [0.29, 0.717) is 30.8 Å². The number of ether oxygens (including phenoxy) is 3. The number of benzene rings is 1. The van der Waals surface area contributed by atoms with Crippen molar-refractivity contribution in [3.63, 3.8) is 0 Å². The van der Waals surface area contributed by atoms with E-state index in [9.17, 15) is 9.59 Å². The van der Waals surface area contributed by atoms with E-state index in [-0.39, 0.29) is 29.5 Å². The maximum atomic E-state index is 12.8. The summed E-state index contributed by atoms with van der Waals surface area (Å²) in [6.07, 6.45) is 3.91. The predicted octanol–water partition coefficient (Wildman–Crippen LogP) is 5.50. The molecule has 0 aromatic heterocycles. The van der Waals surface area contributed by atoms with Crippen molar-refractivity contribution >= 4 is 20.3 Å². The van der Waals surface area contributed by atoms with Gasteiger partial charge in [0.2, 0.25) is 0 Å². The molecule has 1 aromatic carbocycles. The van der Waals surface area contributed by atoms with E-state index < -0.39 is 8.32 Å². The molecule has 176 valence electrons. The van der Waals surface area contributed by atoms with E-state index in [2.05, 4.69) is 46.9 Å². The smallest absolute Gasteiger partial charge is 0.342 e. The van der Waals surface area contributed by atoms with Gasteiger partial charge in [-0.05, 0) is 56.3 Å². The molecule has 0 spiro atoms. The Morgan fingerprint density at radius 1 is 1.19 bits per heavy atom. The first-order chi connectivity index (χ1) is 14.9. The molecule has 7 heteroatoms. The summed E-state index contributed by atoms with van der Waals surface area (Å²) in [5.74, 6) is 1.03. The maximum absolute atomic E-state index is 12.8. The van der Waals surface area contributed by atoms with Crippen LogP contribution in [0.2, 0.25) is 18.1 Å². The minimum atomic E-state index is -2.25. The summed E-state index contributed by atoms with van der Waals surface area (Å²) in [5.41, 5.74) is 4.31. The number of cyclic esters (lactones) is 2. The third-order valence-electron chi connectivity index (χ3n) is 7.20. The van der Waals surface area contributed by atoms with Crippen LogP contribution >= 0.6 is 0 Å². The number of carbonyl (C=O) groups is 2. The minimum absolute atomic E-state index is 0.0357. The predicted molar refractivity (Wildman–Crippen MR) is 126 cm³/mol. The molecule has 0 aliphatic carbocycles. The summed E-state index contributed by atoms with van der Waals surface area (Å²) in [6.45, 7) is 15.6. The van der Waals surface area contributed by atoms with Gasteiger partial charge in [-0.15, -0.1) is 0 Å². The summed E-state index contributed by atoms with van der Waals surface area (Å²) in [4.78, 5) is 24.5. The van der Waals surface area contributed by atoms with Gasteiger partial charge in [-0.2, -0.15) is 0 Å². The van der Waals surface area contributed by atoms with Crippen LogP contribution in [0, 0.1) is 12.8 Å². The molecule has 1 atom stereocenters. The molecule has 1 saturated heterocycles. The molecule has 1 fully saturated rings. The van der Waals surface area contributed by atoms with Crippen molar-refractivity contribution in [1.29, 1.82) is 0 Å². The lowest BCUT2D eigenvalue weighted by atomic mass is 9.90. The molecule has 0 radical (unpaired) electrons. The average molecular weight is 461 g/mol. The highest BCUT2D eigenvalue weighted by Gasteiger charge is 2.42. The Morgan fingerprint density at radius 2 is 1.88 bits per heavy atom. The van der Waals surface area contributed by atoms with E-state index in [1.165, 1.54) is 0 Å². The molecule has 6 nitrogen and oxygen atoms in total. The third kappa shape index (κ3) is 4.58. The van der Waals surface area contributed by atoms with Crippen LogP contribution in [0.3, 0.4) is 0 Å². The lowest BCUT2D eigenvalue weighted by molar-refractivity contribution is -0.148. The van der Waals surface area contributed by atoms with Gasteiger partial charge in [0.05, 0.1) is 20.1 Å². The quantitative estimate of drug-likeness (QED) is 0.317. The van der Waals surface area contributed by atoms with E-state index in [1.54, 1.807) is 7.11 Å². The second-order valence-corrected chi connectivity index (χ2v) is 15.0. The molecular weight excluding hydrogens is 424 g/mol. The van der Waals surface area contributed by atoms with Crippen LogP contribution in [0.15, 0.2) is 11.6 Å². The van der Waals surface area contributed by atoms with Crippen LogP contribution in [0.1, 0.15) is 67.6 Å². The van der Waals surface area contributed by atoms with Crippen LogP contribution in [-0.4, -0.2) is 34.0 Å². The molecule has 0 saturated carbocycles. The fourth-order valence-corrected chi connectivity index (χ4v) is 5.07. The van der Waals surface area contributed by atoms with Gasteiger partial charge in [-0.1, -0.05) is 32.4 Å². The molecular formula is C25H36O6Si. The van der Waals surface area contributed by atoms with E-state index in [4.69, 9.17) is 18.6 Å². The van der Waals surface area contributed by atoms with Crippen molar-refractivity contribution in [2.24, 2.45) is 5.92 Å². The number of fused-ring (bicyclic) bond motifs is 1. The number of rotatable bonds is 6. The summed E-state index contributed by atoms with van der Waals surface area (Å²) >= 11 is 0. The second-order valence-electron chi connectivity index (χ2n) is 10.3. The second kappa shape index (κ2) is 8.93. The lowest BCUT2D eigenvalue weighted by Crippen LogP contribution is -2.44. The number of hydrogen-bond donors (Lipinski definition) is 0. The van der Waals surface area contributed by atoms with Gasteiger partial charge in [0, 0.05) is 11.1 Å². The zero-order valence-corrected chi connectivity index (χ0v) is 21.6. The molecule has 1 unspecified atom stereocenters. The Balaban J connectivity index is 2.10. The van der Waals surface area contributed by atoms with Crippen molar-refractivity contribution in [1.82, 2.24) is 0 Å². The van der Waals surface area contributed by atoms with Crippen LogP contribution in [0.5, 0.6) is 11.5 Å². The Labute approximate surface area is 192 Å². The number of hydrogen-bond acceptors (Lipinski definition) is 6. The highest BCUT2D eigenvalue weighted by molar-refractivity contribution is 6.74. The molecule has 1 aromatic rings. The summed E-state index contributed by atoms with van der Waals surface area (Å²) in [7, 11) is -0.593. The summed E-state index contributed by atoms with van der Waals surface area (Å²) in [6, 6.07) is 0. The Morgan fingerprint density at radius 3 is 2.47 bits per heavy atom. The SMILES string of the molecule is COc1c(C)c2c(c(O[Si](C)(C)C(C)(C)C)c1CC=C(C)C1CCOC(=O)C1)C(=O)OC2. The van der Waals surface area contributed by atoms with Gasteiger partial charge < -0.3 is 18.6 Å². The van der Waals surface area contributed by atoms with Gasteiger partial charge in [0.15, 0.2) is 0 Å². The van der Waals surface area contributed by atoms with Gasteiger partial charge in [-0.3, -0.25) is 4.79 Å². The number of allylic oxidation sites excluding steroid dienone is 2. The van der Waals surface area contributed by atoms with Crippen molar-refractivity contribution in [3.8, 4) is 11.5 Å². The Kier molecular flexibility index (Phi) is 6.79. The third-order valence-corrected chi connectivity index (χ3v) is 11.5. The highest BCUT2D eigenvalue weighted by atomic mass is 28.4. The summed E-state index contributed by atoms with van der Waals surface area (Å²) in [5, 5.41) is -0.0357. The van der Waals surface area contributed by atoms with E-state index in [0.717, 1.165) is 34.4 Å². The monoisotopic (exact) mass is 460 g/mol. The molecule has 2 aliphatic rings. The van der Waals surface area contributed by atoms with Gasteiger partial charge in [-0.25, -0.2) is 4.79 Å². The molecule has 32 heavy (non-hydrogen) atoms. The Bertz CT molecular complexity index is 954. The average Bonchev–Trinajstić information content (AvgIpc) is 3.09. The van der Waals surface area contributed by atoms with Gasteiger partial charge >= 0.3 is 11.9 Å². The van der Waals surface area contributed by atoms with Crippen LogP contribution in [0.4, 0.5) is 0 Å². The number of carbonyl (C=O) groups excluding carboxylic acids is 2. The maximum Gasteiger partial charge on any atom is 0.342 e.